The summed E-state index contributed by atoms with van der Waals surface area (Å²) >= 11 is 0. The van der Waals surface area contributed by atoms with Crippen LogP contribution < -0.4 is 0 Å². The molecule has 0 N–H and O–H groups in total. The molecule has 21 heavy (non-hydrogen) atoms. The summed E-state index contributed by atoms with van der Waals surface area (Å²) in [6.07, 6.45) is 3.85. The van der Waals surface area contributed by atoms with Crippen LogP contribution in [0.5, 0.6) is 0 Å². The summed E-state index contributed by atoms with van der Waals surface area (Å²) in [5, 5.41) is 2.12. The van der Waals surface area contributed by atoms with Crippen molar-refractivity contribution in [2.45, 2.75) is 19.4 Å². The topological polar surface area (TPSA) is 53.5 Å². The van der Waals surface area contributed by atoms with Gasteiger partial charge in [0.15, 0.2) is 0 Å². The van der Waals surface area contributed by atoms with Crippen molar-refractivity contribution in [2.75, 3.05) is 13.7 Å². The summed E-state index contributed by atoms with van der Waals surface area (Å²) in [4.78, 5) is 31.4. The molecule has 1 unspecified atom stereocenters. The Hall–Kier alpha value is -2.43. The molecule has 0 spiro atoms. The fraction of sp³-hybridized carbons (Fsp3) is 0.312. The third-order valence-corrected chi connectivity index (χ3v) is 3.95. The van der Waals surface area contributed by atoms with Crippen LogP contribution in [0.2, 0.25) is 0 Å². The van der Waals surface area contributed by atoms with Gasteiger partial charge >= 0.3 is 0 Å². The van der Waals surface area contributed by atoms with E-state index in [4.69, 9.17) is 0 Å². The summed E-state index contributed by atoms with van der Waals surface area (Å²) in [5.41, 5.74) is 0.952. The van der Waals surface area contributed by atoms with E-state index in [1.54, 1.807) is 36.2 Å². The van der Waals surface area contributed by atoms with Crippen LogP contribution in [0.1, 0.15) is 12.5 Å². The third kappa shape index (κ3) is 2.46. The Morgan fingerprint density at radius 2 is 2.14 bits per heavy atom. The number of hydrogen-bond acceptors (Lipinski definition) is 3. The minimum Gasteiger partial charge on any atom is -0.326 e. The Balaban J connectivity index is 1.79. The summed E-state index contributed by atoms with van der Waals surface area (Å²) in [6, 6.07) is 7.47. The van der Waals surface area contributed by atoms with Crippen molar-refractivity contribution in [1.29, 1.82) is 0 Å². The second-order valence-electron chi connectivity index (χ2n) is 5.45. The van der Waals surface area contributed by atoms with Crippen molar-refractivity contribution < 1.29 is 9.59 Å². The van der Waals surface area contributed by atoms with E-state index in [1.807, 2.05) is 24.3 Å². The van der Waals surface area contributed by atoms with Crippen LogP contribution in [-0.2, 0) is 16.0 Å². The zero-order valence-electron chi connectivity index (χ0n) is 12.1. The highest BCUT2D eigenvalue weighted by molar-refractivity contribution is 5.91. The summed E-state index contributed by atoms with van der Waals surface area (Å²) in [5.74, 6) is -0.0264. The molecule has 0 saturated carbocycles. The van der Waals surface area contributed by atoms with E-state index in [1.165, 1.54) is 0 Å². The Kier molecular flexibility index (Phi) is 3.33. The maximum atomic E-state index is 12.4. The third-order valence-electron chi connectivity index (χ3n) is 3.95. The molecule has 0 aliphatic carbocycles. The Labute approximate surface area is 123 Å². The van der Waals surface area contributed by atoms with Crippen LogP contribution in [-0.4, -0.2) is 46.4 Å². The lowest BCUT2D eigenvalue weighted by molar-refractivity contribution is -0.134. The number of hydrogen-bond donors (Lipinski definition) is 0. The molecule has 5 nitrogen and oxygen atoms in total. The van der Waals surface area contributed by atoms with Crippen molar-refractivity contribution in [3.05, 3.63) is 42.2 Å². The number of amides is 2. The number of rotatable bonds is 2. The molecule has 1 saturated heterocycles. The highest BCUT2D eigenvalue weighted by Crippen LogP contribution is 2.18. The van der Waals surface area contributed by atoms with Crippen LogP contribution in [0.15, 0.2) is 36.7 Å². The number of fused-ring (bicyclic) bond motifs is 1. The Morgan fingerprint density at radius 1 is 1.33 bits per heavy atom. The first kappa shape index (κ1) is 13.5. The Morgan fingerprint density at radius 3 is 2.86 bits per heavy atom. The molecule has 5 heteroatoms. The van der Waals surface area contributed by atoms with Crippen LogP contribution in [0, 0.1) is 0 Å². The van der Waals surface area contributed by atoms with Crippen molar-refractivity contribution in [3.63, 3.8) is 0 Å². The van der Waals surface area contributed by atoms with Gasteiger partial charge in [-0.3, -0.25) is 14.6 Å². The van der Waals surface area contributed by atoms with Crippen molar-refractivity contribution in [1.82, 2.24) is 14.8 Å². The second-order valence-corrected chi connectivity index (χ2v) is 5.45. The number of aromatic nitrogens is 1. The number of likely N-dealkylation sites (N-methyl/N-ethyl adjacent to an activating group) is 1. The zero-order chi connectivity index (χ0) is 15.0. The predicted octanol–water partition coefficient (Wildman–Crippen LogP) is 1.42. The van der Waals surface area contributed by atoms with Crippen LogP contribution in [0.4, 0.5) is 0 Å². The SMILES string of the molecule is CC1C(=O)N(C)CN1C(=O)Cc1ccc2cnccc2c1. The average molecular weight is 283 g/mol. The van der Waals surface area contributed by atoms with E-state index in [9.17, 15) is 9.59 Å². The van der Waals surface area contributed by atoms with Gasteiger partial charge in [0.05, 0.1) is 13.1 Å². The van der Waals surface area contributed by atoms with E-state index in [0.717, 1.165) is 16.3 Å². The molecule has 1 aliphatic rings. The normalized spacial score (nSPS) is 18.6. The van der Waals surface area contributed by atoms with E-state index >= 15 is 0 Å². The Bertz CT molecular complexity index is 713. The molecule has 0 bridgehead atoms. The lowest BCUT2D eigenvalue weighted by Gasteiger charge is -2.19. The molecular weight excluding hydrogens is 266 g/mol. The standard InChI is InChI=1S/C16H17N3O2/c1-11-16(21)18(2)10-19(11)15(20)8-12-3-4-14-9-17-6-5-13(14)7-12/h3-7,9,11H,8,10H2,1-2H3. The van der Waals surface area contributed by atoms with Gasteiger partial charge in [0, 0.05) is 24.8 Å². The van der Waals surface area contributed by atoms with Gasteiger partial charge in [0.25, 0.3) is 0 Å². The molecule has 2 heterocycles. The lowest BCUT2D eigenvalue weighted by atomic mass is 10.1. The van der Waals surface area contributed by atoms with Gasteiger partial charge < -0.3 is 9.80 Å². The quantitative estimate of drug-likeness (QED) is 0.837. The molecule has 2 aromatic rings. The largest absolute Gasteiger partial charge is 0.326 e. The van der Waals surface area contributed by atoms with Gasteiger partial charge in [-0.2, -0.15) is 0 Å². The van der Waals surface area contributed by atoms with E-state index in [0.29, 0.717) is 13.1 Å². The molecular formula is C16H17N3O2. The summed E-state index contributed by atoms with van der Waals surface area (Å²) in [6.45, 7) is 2.14. The van der Waals surface area contributed by atoms with Crippen molar-refractivity contribution >= 4 is 22.6 Å². The minimum absolute atomic E-state index is 0.00654. The smallest absolute Gasteiger partial charge is 0.246 e. The number of nitrogens with zero attached hydrogens (tertiary/aromatic N) is 3. The highest BCUT2D eigenvalue weighted by Gasteiger charge is 2.35. The monoisotopic (exact) mass is 283 g/mol. The molecule has 1 aliphatic heterocycles. The zero-order valence-corrected chi connectivity index (χ0v) is 12.1. The van der Waals surface area contributed by atoms with E-state index in [2.05, 4.69) is 4.98 Å². The van der Waals surface area contributed by atoms with E-state index in [-0.39, 0.29) is 17.9 Å². The van der Waals surface area contributed by atoms with Gasteiger partial charge in [0.2, 0.25) is 11.8 Å². The van der Waals surface area contributed by atoms with Crippen LogP contribution in [0.3, 0.4) is 0 Å². The molecule has 1 aromatic carbocycles. The highest BCUT2D eigenvalue weighted by atomic mass is 16.2. The molecule has 108 valence electrons. The first-order chi connectivity index (χ1) is 10.1. The second kappa shape index (κ2) is 5.16. The van der Waals surface area contributed by atoms with Crippen LogP contribution >= 0.6 is 0 Å². The maximum absolute atomic E-state index is 12.4. The summed E-state index contributed by atoms with van der Waals surface area (Å²) in [7, 11) is 1.72. The molecule has 1 fully saturated rings. The summed E-state index contributed by atoms with van der Waals surface area (Å²) < 4.78 is 0. The fourth-order valence-electron chi connectivity index (χ4n) is 2.69. The average Bonchev–Trinajstić information content (AvgIpc) is 2.75. The number of carbonyl (C=O) groups is 2. The molecule has 1 aromatic heterocycles. The van der Waals surface area contributed by atoms with Gasteiger partial charge in [-0.05, 0) is 23.9 Å². The predicted molar refractivity (Wildman–Crippen MR) is 79.4 cm³/mol. The van der Waals surface area contributed by atoms with E-state index < -0.39 is 0 Å². The molecule has 1 atom stereocenters. The molecule has 3 rings (SSSR count). The van der Waals surface area contributed by atoms with Crippen molar-refractivity contribution in [3.8, 4) is 0 Å². The lowest BCUT2D eigenvalue weighted by Crippen LogP contribution is -2.37. The number of benzene rings is 1. The molecule has 0 radical (unpaired) electrons. The van der Waals surface area contributed by atoms with Crippen LogP contribution in [0.25, 0.3) is 10.8 Å². The van der Waals surface area contributed by atoms with Gasteiger partial charge in [0.1, 0.15) is 6.04 Å². The van der Waals surface area contributed by atoms with Gasteiger partial charge in [-0.25, -0.2) is 0 Å². The maximum Gasteiger partial charge on any atom is 0.246 e. The van der Waals surface area contributed by atoms with Gasteiger partial charge in [-0.1, -0.05) is 18.2 Å². The number of pyridine rings is 1. The van der Waals surface area contributed by atoms with Crippen molar-refractivity contribution in [2.24, 2.45) is 0 Å². The molecule has 2 amide bonds. The number of carbonyl (C=O) groups excluding carboxylic acids is 2. The fourth-order valence-corrected chi connectivity index (χ4v) is 2.69. The first-order valence-electron chi connectivity index (χ1n) is 6.93. The van der Waals surface area contributed by atoms with Gasteiger partial charge in [-0.15, -0.1) is 0 Å². The minimum atomic E-state index is -0.368. The first-order valence-corrected chi connectivity index (χ1v) is 6.93.